The first-order valence-corrected chi connectivity index (χ1v) is 13.6. The number of nitrogens with one attached hydrogen (secondary N) is 2. The van der Waals surface area contributed by atoms with E-state index < -0.39 is 41.9 Å². The van der Waals surface area contributed by atoms with Crippen LogP contribution in [0.1, 0.15) is 45.1 Å². The number of aromatic nitrogens is 2. The second-order valence-corrected chi connectivity index (χ2v) is 11.3. The summed E-state index contributed by atoms with van der Waals surface area (Å²) in [4.78, 5) is 48.7. The zero-order chi connectivity index (χ0) is 29.1. The largest absolute Gasteiger partial charge is 0.406 e. The molecule has 2 N–H and O–H groups in total. The topological polar surface area (TPSA) is 104 Å². The third-order valence-corrected chi connectivity index (χ3v) is 8.77. The number of carbonyl (C=O) groups is 3. The van der Waals surface area contributed by atoms with Gasteiger partial charge in [0.05, 0.1) is 21.0 Å². The van der Waals surface area contributed by atoms with Crippen molar-refractivity contribution < 1.29 is 27.6 Å². The summed E-state index contributed by atoms with van der Waals surface area (Å²) in [5, 5.41) is 5.84. The van der Waals surface area contributed by atoms with Crippen molar-refractivity contribution >= 4 is 46.7 Å². The van der Waals surface area contributed by atoms with E-state index in [9.17, 15) is 27.6 Å². The van der Waals surface area contributed by atoms with Crippen LogP contribution in [0, 0.1) is 0 Å². The molecule has 1 spiro atoms. The molecule has 0 unspecified atom stereocenters. The van der Waals surface area contributed by atoms with E-state index in [1.807, 2.05) is 6.07 Å². The summed E-state index contributed by atoms with van der Waals surface area (Å²) in [6.07, 6.45) is -1.03. The van der Waals surface area contributed by atoms with Crippen LogP contribution in [-0.2, 0) is 27.8 Å². The van der Waals surface area contributed by atoms with Crippen LogP contribution in [0.5, 0.6) is 0 Å². The maximum absolute atomic E-state index is 13.3. The number of carbonyl (C=O) groups excluding carboxylic acids is 3. The van der Waals surface area contributed by atoms with Crippen molar-refractivity contribution in [3.8, 4) is 0 Å². The summed E-state index contributed by atoms with van der Waals surface area (Å²) >= 11 is 12.5. The van der Waals surface area contributed by atoms with E-state index in [1.165, 1.54) is 6.20 Å². The molecular weight excluding hydrogens is 582 g/mol. The highest BCUT2D eigenvalue weighted by molar-refractivity contribution is 6.42. The van der Waals surface area contributed by atoms with Crippen molar-refractivity contribution in [1.29, 1.82) is 0 Å². The molecule has 1 fully saturated rings. The summed E-state index contributed by atoms with van der Waals surface area (Å²) < 4.78 is 40.0. The summed E-state index contributed by atoms with van der Waals surface area (Å²) in [5.74, 6) is -1.80. The van der Waals surface area contributed by atoms with E-state index in [0.29, 0.717) is 40.4 Å². The lowest BCUT2D eigenvalue weighted by molar-refractivity contribution is -0.165. The Kier molecular flexibility index (Phi) is 6.69. The van der Waals surface area contributed by atoms with E-state index in [-0.39, 0.29) is 34.5 Å². The molecule has 0 saturated carbocycles. The molecule has 212 valence electrons. The maximum Gasteiger partial charge on any atom is 0.406 e. The molecule has 2 aromatic heterocycles. The Morgan fingerprint density at radius 1 is 1.15 bits per heavy atom. The van der Waals surface area contributed by atoms with Gasteiger partial charge in [-0.2, -0.15) is 13.2 Å². The van der Waals surface area contributed by atoms with Crippen LogP contribution in [0.25, 0.3) is 0 Å². The van der Waals surface area contributed by atoms with Gasteiger partial charge < -0.3 is 15.5 Å². The van der Waals surface area contributed by atoms with Crippen LogP contribution >= 0.6 is 23.2 Å². The van der Waals surface area contributed by atoms with Crippen LogP contribution in [0.4, 0.5) is 19.0 Å². The van der Waals surface area contributed by atoms with Gasteiger partial charge in [-0.1, -0.05) is 41.4 Å². The number of nitrogens with zero attached hydrogens (tertiary/aromatic N) is 3. The molecule has 3 aromatic rings. The summed E-state index contributed by atoms with van der Waals surface area (Å²) in [7, 11) is 0. The monoisotopic (exact) mass is 603 g/mol. The van der Waals surface area contributed by atoms with E-state index in [2.05, 4.69) is 20.6 Å². The number of pyridine rings is 2. The fourth-order valence-corrected chi connectivity index (χ4v) is 6.52. The highest BCUT2D eigenvalue weighted by Crippen LogP contribution is 2.46. The SMILES string of the molecule is O=C(N[C@H]1C[C@@H](c2cccc(Cl)c2Cl)CN(CC(F)(F)F)C1=O)c1cnc2c(c1)C[C@@]1(C2)C(=O)Nc2ncccc21. The lowest BCUT2D eigenvalue weighted by Gasteiger charge is -2.38. The van der Waals surface area contributed by atoms with Gasteiger partial charge in [0, 0.05) is 42.5 Å². The fourth-order valence-electron chi connectivity index (χ4n) is 6.06. The molecule has 41 heavy (non-hydrogen) atoms. The van der Waals surface area contributed by atoms with Gasteiger partial charge in [-0.25, -0.2) is 4.98 Å². The fraction of sp³-hybridized carbons (Fsp3) is 0.321. The molecule has 2 aliphatic heterocycles. The molecule has 4 heterocycles. The van der Waals surface area contributed by atoms with Crippen molar-refractivity contribution in [3.63, 3.8) is 0 Å². The standard InChI is InChI=1S/C28H22Cl2F3N5O3/c29-19-5-1-3-17(22(19)30)16-8-20(25(40)38(12-16)13-28(31,32)33)36-24(39)15-7-14-9-27(10-21(14)35-11-15)18-4-2-6-34-23(18)37-26(27)41/h1-7,11,16,20H,8-10,12-13H2,(H,36,39)(H,34,37,41)/t16-,20+,27+/m1/s1. The number of hydrogen-bond donors (Lipinski definition) is 2. The van der Waals surface area contributed by atoms with Crippen LogP contribution < -0.4 is 10.6 Å². The van der Waals surface area contributed by atoms with Gasteiger partial charge in [-0.15, -0.1) is 0 Å². The van der Waals surface area contributed by atoms with Gasteiger partial charge in [0.15, 0.2) is 0 Å². The van der Waals surface area contributed by atoms with E-state index >= 15 is 0 Å². The van der Waals surface area contributed by atoms with Crippen molar-refractivity contribution in [2.75, 3.05) is 18.4 Å². The van der Waals surface area contributed by atoms with Gasteiger partial charge in [0.25, 0.3) is 5.91 Å². The molecule has 8 nitrogen and oxygen atoms in total. The number of fused-ring (bicyclic) bond motifs is 3. The molecule has 1 aromatic carbocycles. The zero-order valence-electron chi connectivity index (χ0n) is 21.3. The van der Waals surface area contributed by atoms with Gasteiger partial charge >= 0.3 is 6.18 Å². The Hall–Kier alpha value is -3.70. The number of likely N-dealkylation sites (tertiary alicyclic amines) is 1. The number of piperidine rings is 1. The predicted octanol–water partition coefficient (Wildman–Crippen LogP) is 4.45. The third kappa shape index (κ3) is 4.91. The average molecular weight is 604 g/mol. The Bertz CT molecular complexity index is 1600. The molecule has 1 saturated heterocycles. The van der Waals surface area contributed by atoms with E-state index in [0.717, 1.165) is 5.56 Å². The maximum atomic E-state index is 13.3. The molecule has 6 rings (SSSR count). The molecular formula is C28H22Cl2F3N5O3. The molecule has 3 aliphatic rings. The smallest absolute Gasteiger partial charge is 0.340 e. The van der Waals surface area contributed by atoms with Crippen LogP contribution in [0.15, 0.2) is 48.8 Å². The highest BCUT2D eigenvalue weighted by atomic mass is 35.5. The molecule has 13 heteroatoms. The number of hydrogen-bond acceptors (Lipinski definition) is 5. The molecule has 0 bridgehead atoms. The van der Waals surface area contributed by atoms with Crippen molar-refractivity contribution in [3.05, 3.63) is 86.8 Å². The number of benzene rings is 1. The van der Waals surface area contributed by atoms with Crippen LogP contribution in [-0.4, -0.2) is 57.9 Å². The van der Waals surface area contributed by atoms with E-state index in [1.54, 1.807) is 36.5 Å². The Morgan fingerprint density at radius 2 is 1.95 bits per heavy atom. The van der Waals surface area contributed by atoms with Gasteiger partial charge in [0.2, 0.25) is 11.8 Å². The molecule has 3 atom stereocenters. The van der Waals surface area contributed by atoms with Crippen LogP contribution in [0.2, 0.25) is 10.0 Å². The quantitative estimate of drug-likeness (QED) is 0.458. The third-order valence-electron chi connectivity index (χ3n) is 7.94. The Balaban J connectivity index is 1.25. The first-order chi connectivity index (χ1) is 19.4. The highest BCUT2D eigenvalue weighted by Gasteiger charge is 2.52. The number of amides is 3. The van der Waals surface area contributed by atoms with Crippen molar-refractivity contribution in [1.82, 2.24) is 20.2 Å². The van der Waals surface area contributed by atoms with Gasteiger partial charge in [-0.05, 0) is 42.2 Å². The molecule has 0 radical (unpaired) electrons. The van der Waals surface area contributed by atoms with E-state index in [4.69, 9.17) is 23.2 Å². The minimum absolute atomic E-state index is 0.0322. The first kappa shape index (κ1) is 27.5. The summed E-state index contributed by atoms with van der Waals surface area (Å²) in [5.41, 5.74) is 1.86. The number of rotatable bonds is 4. The minimum atomic E-state index is -4.63. The normalized spacial score (nSPS) is 23.4. The lowest BCUT2D eigenvalue weighted by Crippen LogP contribution is -2.56. The van der Waals surface area contributed by atoms with Crippen LogP contribution in [0.3, 0.4) is 0 Å². The minimum Gasteiger partial charge on any atom is -0.340 e. The summed E-state index contributed by atoms with van der Waals surface area (Å²) in [6, 6.07) is 8.80. The lowest BCUT2D eigenvalue weighted by atomic mass is 9.80. The van der Waals surface area contributed by atoms with Gasteiger partial charge in [-0.3, -0.25) is 19.4 Å². The Labute approximate surface area is 242 Å². The van der Waals surface area contributed by atoms with Crippen molar-refractivity contribution in [2.24, 2.45) is 0 Å². The second-order valence-electron chi connectivity index (χ2n) is 10.6. The first-order valence-electron chi connectivity index (χ1n) is 12.8. The predicted molar refractivity (Wildman–Crippen MR) is 144 cm³/mol. The zero-order valence-corrected chi connectivity index (χ0v) is 22.8. The van der Waals surface area contributed by atoms with Crippen molar-refractivity contribution in [2.45, 2.75) is 42.8 Å². The molecule has 1 aliphatic carbocycles. The number of anilines is 1. The number of alkyl halides is 3. The Morgan fingerprint density at radius 3 is 2.73 bits per heavy atom. The van der Waals surface area contributed by atoms with Gasteiger partial charge in [0.1, 0.15) is 18.4 Å². The number of halogens is 5. The molecule has 3 amide bonds. The second kappa shape index (κ2) is 9.99. The average Bonchev–Trinajstić information content (AvgIpc) is 3.44. The summed E-state index contributed by atoms with van der Waals surface area (Å²) in [6.45, 7) is -1.70.